The smallest absolute Gasteiger partial charge is 0.243 e. The minimum atomic E-state index is -3.66. The topological polar surface area (TPSA) is 130 Å². The Labute approximate surface area is 246 Å². The van der Waals surface area contributed by atoms with Crippen molar-refractivity contribution in [2.45, 2.75) is 31.2 Å². The maximum atomic E-state index is 13.4. The van der Waals surface area contributed by atoms with Gasteiger partial charge in [0.15, 0.2) is 11.5 Å². The molecule has 2 aliphatic heterocycles. The lowest BCUT2D eigenvalue weighted by atomic mass is 9.97. The molecular formula is C29H38N6O6S. The highest BCUT2D eigenvalue weighted by Crippen LogP contribution is 2.31. The quantitative estimate of drug-likeness (QED) is 0.392. The number of piperidine rings is 1. The summed E-state index contributed by atoms with van der Waals surface area (Å²) in [5.74, 6) is 1.69. The summed E-state index contributed by atoms with van der Waals surface area (Å²) >= 11 is 0. The van der Waals surface area contributed by atoms with Crippen molar-refractivity contribution in [2.75, 3.05) is 65.9 Å². The van der Waals surface area contributed by atoms with Gasteiger partial charge in [-0.05, 0) is 69.3 Å². The van der Waals surface area contributed by atoms with E-state index in [2.05, 4.69) is 25.3 Å². The summed E-state index contributed by atoms with van der Waals surface area (Å²) in [6.07, 6.45) is 1.58. The number of benzene rings is 2. The Hall–Kier alpha value is -3.52. The molecule has 1 aromatic heterocycles. The van der Waals surface area contributed by atoms with Crippen molar-refractivity contribution in [3.63, 3.8) is 0 Å². The van der Waals surface area contributed by atoms with Gasteiger partial charge in [0.2, 0.25) is 27.6 Å². The lowest BCUT2D eigenvalue weighted by Gasteiger charge is -2.32. The second-order valence-corrected chi connectivity index (χ2v) is 12.7. The molecule has 5 rings (SSSR count). The van der Waals surface area contributed by atoms with Crippen molar-refractivity contribution < 1.29 is 27.2 Å². The average Bonchev–Trinajstić information content (AvgIpc) is 3.46. The van der Waals surface area contributed by atoms with E-state index >= 15 is 0 Å². The number of likely N-dealkylation sites (N-methyl/N-ethyl adjacent to an activating group) is 1. The van der Waals surface area contributed by atoms with Crippen LogP contribution in [0.15, 0.2) is 45.8 Å². The molecule has 13 heteroatoms. The van der Waals surface area contributed by atoms with E-state index in [1.807, 2.05) is 13.1 Å². The fourth-order valence-corrected chi connectivity index (χ4v) is 7.06. The maximum Gasteiger partial charge on any atom is 0.243 e. The second kappa shape index (κ2) is 12.8. The SMILES string of the molecule is COc1ccc(-c2noc(CN3CCCC(C(=O)Nc4ccc(C)c(S(=O)(=O)N5CCN(C)CC5)c4)C3)n2)cc1OC. The van der Waals surface area contributed by atoms with E-state index in [9.17, 15) is 13.2 Å². The molecule has 2 aromatic carbocycles. The van der Waals surface area contributed by atoms with Crippen LogP contribution in [0.25, 0.3) is 11.4 Å². The summed E-state index contributed by atoms with van der Waals surface area (Å²) in [5.41, 5.74) is 1.88. The number of piperazine rings is 1. The van der Waals surface area contributed by atoms with E-state index in [1.54, 1.807) is 51.5 Å². The number of hydrogen-bond donors (Lipinski definition) is 1. The van der Waals surface area contributed by atoms with Gasteiger partial charge in [0, 0.05) is 44.0 Å². The van der Waals surface area contributed by atoms with Crippen LogP contribution in [0.3, 0.4) is 0 Å². The van der Waals surface area contributed by atoms with Crippen molar-refractivity contribution in [3.05, 3.63) is 47.9 Å². The number of sulfonamides is 1. The first-order chi connectivity index (χ1) is 20.2. The zero-order valence-electron chi connectivity index (χ0n) is 24.5. The summed E-state index contributed by atoms with van der Waals surface area (Å²) in [4.78, 5) is 22.3. The van der Waals surface area contributed by atoms with Gasteiger partial charge in [-0.15, -0.1) is 0 Å². The number of methoxy groups -OCH3 is 2. The number of carbonyl (C=O) groups is 1. The number of amides is 1. The van der Waals surface area contributed by atoms with Crippen molar-refractivity contribution in [3.8, 4) is 22.9 Å². The minimum Gasteiger partial charge on any atom is -0.493 e. The lowest BCUT2D eigenvalue weighted by molar-refractivity contribution is -0.121. The van der Waals surface area contributed by atoms with Gasteiger partial charge in [0.05, 0.1) is 31.6 Å². The van der Waals surface area contributed by atoms with Crippen LogP contribution in [0, 0.1) is 12.8 Å². The molecule has 12 nitrogen and oxygen atoms in total. The number of rotatable bonds is 9. The minimum absolute atomic E-state index is 0.136. The predicted molar refractivity (Wildman–Crippen MR) is 157 cm³/mol. The number of nitrogens with zero attached hydrogens (tertiary/aromatic N) is 5. The Kier molecular flexibility index (Phi) is 9.11. The van der Waals surface area contributed by atoms with Gasteiger partial charge in [-0.3, -0.25) is 9.69 Å². The largest absolute Gasteiger partial charge is 0.493 e. The van der Waals surface area contributed by atoms with E-state index in [1.165, 1.54) is 4.31 Å². The van der Waals surface area contributed by atoms with Gasteiger partial charge in [0.1, 0.15) is 0 Å². The van der Waals surface area contributed by atoms with Gasteiger partial charge >= 0.3 is 0 Å². The Morgan fingerprint density at radius 3 is 2.55 bits per heavy atom. The van der Waals surface area contributed by atoms with Crippen LogP contribution in [-0.2, 0) is 21.4 Å². The number of likely N-dealkylation sites (tertiary alicyclic amines) is 1. The third-order valence-corrected chi connectivity index (χ3v) is 9.92. The van der Waals surface area contributed by atoms with E-state index < -0.39 is 10.0 Å². The fourth-order valence-electron chi connectivity index (χ4n) is 5.38. The third-order valence-electron chi connectivity index (χ3n) is 7.88. The molecule has 0 radical (unpaired) electrons. The molecule has 0 spiro atoms. The molecule has 2 fully saturated rings. The molecule has 3 aromatic rings. The zero-order chi connectivity index (χ0) is 29.9. The molecule has 1 atom stereocenters. The standard InChI is InChI=1S/C29H38N6O6S/c1-20-7-9-23(17-26(20)42(37,38)35-14-12-33(2)13-15-35)30-29(36)22-6-5-11-34(18-22)19-27-31-28(32-41-27)21-8-10-24(39-3)25(16-21)40-4/h7-10,16-17,22H,5-6,11-15,18-19H2,1-4H3,(H,30,36). The van der Waals surface area contributed by atoms with Crippen molar-refractivity contribution in [2.24, 2.45) is 5.92 Å². The summed E-state index contributed by atoms with van der Waals surface area (Å²) in [7, 11) is 1.47. The van der Waals surface area contributed by atoms with Gasteiger partial charge in [-0.2, -0.15) is 9.29 Å². The number of carbonyl (C=O) groups excluding carboxylic acids is 1. The Morgan fingerprint density at radius 2 is 1.81 bits per heavy atom. The average molecular weight is 599 g/mol. The molecule has 0 bridgehead atoms. The highest BCUT2D eigenvalue weighted by molar-refractivity contribution is 7.89. The normalized spacial score (nSPS) is 19.0. The molecule has 1 amide bonds. The predicted octanol–water partition coefficient (Wildman–Crippen LogP) is 2.85. The summed E-state index contributed by atoms with van der Waals surface area (Å²) < 4.78 is 44.5. The Bertz CT molecular complexity index is 1520. The highest BCUT2D eigenvalue weighted by atomic mass is 32.2. The van der Waals surface area contributed by atoms with Crippen LogP contribution >= 0.6 is 0 Å². The molecule has 3 heterocycles. The number of aromatic nitrogens is 2. The highest BCUT2D eigenvalue weighted by Gasteiger charge is 2.30. The monoisotopic (exact) mass is 598 g/mol. The van der Waals surface area contributed by atoms with E-state index in [0.717, 1.165) is 24.9 Å². The van der Waals surface area contributed by atoms with Crippen LogP contribution in [0.1, 0.15) is 24.3 Å². The first-order valence-corrected chi connectivity index (χ1v) is 15.5. The molecule has 226 valence electrons. The van der Waals surface area contributed by atoms with E-state index in [0.29, 0.717) is 73.7 Å². The molecule has 2 saturated heterocycles. The third kappa shape index (κ3) is 6.59. The van der Waals surface area contributed by atoms with Crippen molar-refractivity contribution in [1.82, 2.24) is 24.2 Å². The fraction of sp³-hybridized carbons (Fsp3) is 0.483. The number of ether oxygens (including phenoxy) is 2. The van der Waals surface area contributed by atoms with Crippen LogP contribution in [0.4, 0.5) is 5.69 Å². The van der Waals surface area contributed by atoms with Crippen LogP contribution in [0.5, 0.6) is 11.5 Å². The molecule has 0 saturated carbocycles. The van der Waals surface area contributed by atoms with Gasteiger partial charge in [0.25, 0.3) is 0 Å². The molecule has 0 aliphatic carbocycles. The van der Waals surface area contributed by atoms with E-state index in [4.69, 9.17) is 14.0 Å². The first kappa shape index (κ1) is 30.0. The van der Waals surface area contributed by atoms with Crippen molar-refractivity contribution >= 4 is 21.6 Å². The summed E-state index contributed by atoms with van der Waals surface area (Å²) in [6, 6.07) is 10.5. The second-order valence-electron chi connectivity index (χ2n) is 10.8. The maximum absolute atomic E-state index is 13.4. The summed E-state index contributed by atoms with van der Waals surface area (Å²) in [5, 5.41) is 7.08. The number of hydrogen-bond acceptors (Lipinski definition) is 10. The van der Waals surface area contributed by atoms with Crippen molar-refractivity contribution in [1.29, 1.82) is 0 Å². The molecule has 1 N–H and O–H groups in total. The van der Waals surface area contributed by atoms with Gasteiger partial charge < -0.3 is 24.2 Å². The van der Waals surface area contributed by atoms with Gasteiger partial charge in [-0.25, -0.2) is 8.42 Å². The molecule has 1 unspecified atom stereocenters. The molecule has 42 heavy (non-hydrogen) atoms. The van der Waals surface area contributed by atoms with E-state index in [-0.39, 0.29) is 16.7 Å². The summed E-state index contributed by atoms with van der Waals surface area (Å²) in [6.45, 7) is 5.80. The van der Waals surface area contributed by atoms with Crippen LogP contribution < -0.4 is 14.8 Å². The number of nitrogens with one attached hydrogen (secondary N) is 1. The first-order valence-electron chi connectivity index (χ1n) is 14.1. The zero-order valence-corrected chi connectivity index (χ0v) is 25.3. The Morgan fingerprint density at radius 1 is 1.05 bits per heavy atom. The lowest BCUT2D eigenvalue weighted by Crippen LogP contribution is -2.47. The van der Waals surface area contributed by atoms with Crippen LogP contribution in [-0.4, -0.2) is 99.1 Å². The molecule has 2 aliphatic rings. The van der Waals surface area contributed by atoms with Crippen LogP contribution in [0.2, 0.25) is 0 Å². The molecular weight excluding hydrogens is 560 g/mol. The number of aryl methyl sites for hydroxylation is 1. The number of anilines is 1. The Balaban J connectivity index is 1.22. The van der Waals surface area contributed by atoms with Gasteiger partial charge in [-0.1, -0.05) is 11.2 Å².